The summed E-state index contributed by atoms with van der Waals surface area (Å²) < 4.78 is 4.53. The van der Waals surface area contributed by atoms with Crippen LogP contribution in [0.3, 0.4) is 0 Å². The molecule has 6 heteroatoms. The van der Waals surface area contributed by atoms with E-state index in [1.165, 1.54) is 10.2 Å². The fourth-order valence-electron chi connectivity index (χ4n) is 3.69. The second-order valence-corrected chi connectivity index (χ2v) is 7.58. The molecule has 142 valence electrons. The summed E-state index contributed by atoms with van der Waals surface area (Å²) in [6.07, 6.45) is 2.41. The molecule has 0 saturated heterocycles. The predicted octanol–water partition coefficient (Wildman–Crippen LogP) is 4.89. The summed E-state index contributed by atoms with van der Waals surface area (Å²) in [5, 5.41) is 6.26. The first-order valence-corrected chi connectivity index (χ1v) is 10.2. The smallest absolute Gasteiger partial charge is 0.282 e. The van der Waals surface area contributed by atoms with E-state index in [0.29, 0.717) is 23.1 Å². The van der Waals surface area contributed by atoms with Gasteiger partial charge >= 0.3 is 0 Å². The van der Waals surface area contributed by atoms with Crippen LogP contribution in [0.1, 0.15) is 30.9 Å². The number of hydrogen-bond donors (Lipinski definition) is 0. The van der Waals surface area contributed by atoms with Gasteiger partial charge in [0.05, 0.1) is 17.1 Å². The van der Waals surface area contributed by atoms with Gasteiger partial charge in [-0.15, -0.1) is 0 Å². The van der Waals surface area contributed by atoms with Crippen molar-refractivity contribution in [2.75, 3.05) is 0 Å². The summed E-state index contributed by atoms with van der Waals surface area (Å²) in [7, 11) is 0. The molecule has 0 saturated carbocycles. The third-order valence-corrected chi connectivity index (χ3v) is 5.58. The van der Waals surface area contributed by atoms with Crippen molar-refractivity contribution >= 4 is 44.0 Å². The van der Waals surface area contributed by atoms with Gasteiger partial charge in [0.2, 0.25) is 0 Å². The maximum atomic E-state index is 13.1. The molecule has 0 N–H and O–H groups in total. The highest BCUT2D eigenvalue weighted by atomic mass is 79.9. The number of para-hydroxylation sites is 1. The first kappa shape index (κ1) is 18.6. The van der Waals surface area contributed by atoms with Crippen molar-refractivity contribution in [3.8, 4) is 0 Å². The maximum Gasteiger partial charge on any atom is 0.282 e. The van der Waals surface area contributed by atoms with E-state index in [-0.39, 0.29) is 5.56 Å². The minimum atomic E-state index is -0.156. The number of nitrogens with zero attached hydrogens (tertiary/aromatic N) is 4. The quantitative estimate of drug-likeness (QED) is 0.427. The van der Waals surface area contributed by atoms with E-state index in [0.717, 1.165) is 27.7 Å². The Bertz CT molecular complexity index is 1280. The average Bonchev–Trinajstić information content (AvgIpc) is 2.98. The van der Waals surface area contributed by atoms with Crippen LogP contribution in [0.5, 0.6) is 0 Å². The molecular formula is C22H21BrN4O. The molecule has 0 spiro atoms. The van der Waals surface area contributed by atoms with Crippen LogP contribution < -0.4 is 5.56 Å². The van der Waals surface area contributed by atoms with Gasteiger partial charge in [0.15, 0.2) is 0 Å². The number of halogens is 1. The van der Waals surface area contributed by atoms with Gasteiger partial charge in [-0.1, -0.05) is 41.1 Å². The van der Waals surface area contributed by atoms with E-state index in [2.05, 4.69) is 56.6 Å². The van der Waals surface area contributed by atoms with E-state index >= 15 is 0 Å². The third-order valence-electron chi connectivity index (χ3n) is 5.09. The molecule has 2 aromatic carbocycles. The zero-order valence-corrected chi connectivity index (χ0v) is 17.7. The Balaban J connectivity index is 1.93. The topological polar surface area (TPSA) is 52.2 Å². The van der Waals surface area contributed by atoms with Gasteiger partial charge in [0, 0.05) is 39.6 Å². The molecule has 0 unspecified atom stereocenters. The number of fused-ring (bicyclic) bond motifs is 2. The number of aryl methyl sites for hydroxylation is 2. The summed E-state index contributed by atoms with van der Waals surface area (Å²) in [5.74, 6) is 0.646. The molecule has 0 aliphatic rings. The van der Waals surface area contributed by atoms with Crippen molar-refractivity contribution in [3.63, 3.8) is 0 Å². The van der Waals surface area contributed by atoms with E-state index in [4.69, 9.17) is 0 Å². The Kier molecular flexibility index (Phi) is 4.89. The summed E-state index contributed by atoms with van der Waals surface area (Å²) >= 11 is 3.43. The van der Waals surface area contributed by atoms with Gasteiger partial charge in [0.1, 0.15) is 5.82 Å². The molecule has 5 nitrogen and oxygen atoms in total. The van der Waals surface area contributed by atoms with Gasteiger partial charge in [-0.05, 0) is 38.1 Å². The second kappa shape index (κ2) is 7.36. The monoisotopic (exact) mass is 436 g/mol. The summed E-state index contributed by atoms with van der Waals surface area (Å²) in [5.41, 5.74) is 3.87. The lowest BCUT2D eigenvalue weighted by Crippen LogP contribution is -2.22. The Morgan fingerprint density at radius 3 is 2.68 bits per heavy atom. The van der Waals surface area contributed by atoms with Gasteiger partial charge < -0.3 is 4.57 Å². The van der Waals surface area contributed by atoms with Crippen molar-refractivity contribution in [2.45, 2.75) is 33.7 Å². The molecule has 0 fully saturated rings. The van der Waals surface area contributed by atoms with Crippen molar-refractivity contribution in [1.29, 1.82) is 0 Å². The van der Waals surface area contributed by atoms with Crippen LogP contribution in [-0.2, 0) is 13.0 Å². The molecule has 4 rings (SSSR count). The van der Waals surface area contributed by atoms with E-state index in [1.807, 2.05) is 31.2 Å². The van der Waals surface area contributed by atoms with Crippen LogP contribution in [-0.4, -0.2) is 20.4 Å². The molecule has 2 aromatic heterocycles. The molecule has 4 aromatic rings. The minimum Gasteiger partial charge on any atom is -0.344 e. The zero-order valence-electron chi connectivity index (χ0n) is 16.1. The van der Waals surface area contributed by atoms with Gasteiger partial charge in [-0.3, -0.25) is 4.79 Å². The Labute approximate surface area is 171 Å². The van der Waals surface area contributed by atoms with E-state index in [9.17, 15) is 4.79 Å². The first-order chi connectivity index (χ1) is 13.5. The molecule has 2 heterocycles. The normalized spacial score (nSPS) is 11.9. The maximum absolute atomic E-state index is 13.1. The van der Waals surface area contributed by atoms with E-state index < -0.39 is 0 Å². The van der Waals surface area contributed by atoms with Crippen molar-refractivity contribution < 1.29 is 0 Å². The lowest BCUT2D eigenvalue weighted by Gasteiger charge is -2.08. The average molecular weight is 437 g/mol. The van der Waals surface area contributed by atoms with Crippen molar-refractivity contribution in [2.24, 2.45) is 5.10 Å². The fraction of sp³-hybridized carbons (Fsp3) is 0.227. The van der Waals surface area contributed by atoms with Crippen LogP contribution >= 0.6 is 15.9 Å². The summed E-state index contributed by atoms with van der Waals surface area (Å²) in [6, 6.07) is 13.8. The first-order valence-electron chi connectivity index (χ1n) is 9.38. The minimum absolute atomic E-state index is 0.156. The molecule has 0 atom stereocenters. The molecule has 0 aliphatic carbocycles. The number of rotatable bonds is 4. The molecule has 28 heavy (non-hydrogen) atoms. The van der Waals surface area contributed by atoms with Crippen LogP contribution in [0.2, 0.25) is 0 Å². The molecule has 0 bridgehead atoms. The summed E-state index contributed by atoms with van der Waals surface area (Å²) in [6.45, 7) is 7.08. The molecular weight excluding hydrogens is 416 g/mol. The zero-order chi connectivity index (χ0) is 19.8. The SMILES string of the molecule is CCc1nc2ccc(Br)cc2c(=O)n1N=Cc1c(C)n(CC)c2ccccc12. The fourth-order valence-corrected chi connectivity index (χ4v) is 4.05. The van der Waals surface area contributed by atoms with Crippen LogP contribution in [0, 0.1) is 6.92 Å². The predicted molar refractivity (Wildman–Crippen MR) is 118 cm³/mol. The standard InChI is InChI=1S/C22H21BrN4O/c1-4-21-25-19-11-10-15(23)12-17(19)22(28)27(21)24-13-18-14(3)26(5-2)20-9-7-6-8-16(18)20/h6-13H,4-5H2,1-3H3. The lowest BCUT2D eigenvalue weighted by molar-refractivity contribution is 0.734. The number of benzene rings is 2. The molecule has 0 aliphatic heterocycles. The molecule has 0 radical (unpaired) electrons. The lowest BCUT2D eigenvalue weighted by atomic mass is 10.1. The van der Waals surface area contributed by atoms with Crippen molar-refractivity contribution in [1.82, 2.24) is 14.2 Å². The van der Waals surface area contributed by atoms with E-state index in [1.54, 1.807) is 12.3 Å². The highest BCUT2D eigenvalue weighted by Crippen LogP contribution is 2.24. The van der Waals surface area contributed by atoms with Gasteiger partial charge in [-0.2, -0.15) is 9.78 Å². The largest absolute Gasteiger partial charge is 0.344 e. The van der Waals surface area contributed by atoms with Crippen LogP contribution in [0.25, 0.3) is 21.8 Å². The molecule has 0 amide bonds. The number of hydrogen-bond acceptors (Lipinski definition) is 3. The second-order valence-electron chi connectivity index (χ2n) is 6.67. The van der Waals surface area contributed by atoms with Gasteiger partial charge in [-0.25, -0.2) is 4.98 Å². The summed E-state index contributed by atoms with van der Waals surface area (Å²) in [4.78, 5) is 17.7. The van der Waals surface area contributed by atoms with Gasteiger partial charge in [0.25, 0.3) is 5.56 Å². The Morgan fingerprint density at radius 2 is 1.93 bits per heavy atom. The van der Waals surface area contributed by atoms with Crippen LogP contribution in [0.15, 0.2) is 56.8 Å². The highest BCUT2D eigenvalue weighted by molar-refractivity contribution is 9.10. The third kappa shape index (κ3) is 2.98. The highest BCUT2D eigenvalue weighted by Gasteiger charge is 2.13. The Hall–Kier alpha value is -2.73. The number of aromatic nitrogens is 3. The Morgan fingerprint density at radius 1 is 1.14 bits per heavy atom. The van der Waals surface area contributed by atoms with Crippen molar-refractivity contribution in [3.05, 3.63) is 74.4 Å². The van der Waals surface area contributed by atoms with Crippen LogP contribution in [0.4, 0.5) is 0 Å².